The van der Waals surface area contributed by atoms with Crippen molar-refractivity contribution in [3.05, 3.63) is 66.1 Å². The molecule has 0 saturated heterocycles. The van der Waals surface area contributed by atoms with Gasteiger partial charge in [-0.15, -0.1) is 0 Å². The Morgan fingerprint density at radius 1 is 1.13 bits per heavy atom. The first-order chi connectivity index (χ1) is 14.3. The maximum Gasteiger partial charge on any atom is 0.245 e. The predicted molar refractivity (Wildman–Crippen MR) is 112 cm³/mol. The summed E-state index contributed by atoms with van der Waals surface area (Å²) in [6.45, 7) is 1.10. The molecule has 0 bridgehead atoms. The number of aromatic amines is 1. The van der Waals surface area contributed by atoms with E-state index in [0.717, 1.165) is 16.5 Å². The number of nitrogens with zero attached hydrogens (tertiary/aromatic N) is 1. The van der Waals surface area contributed by atoms with Crippen LogP contribution in [0.15, 0.2) is 54.7 Å². The SMILES string of the molecule is CC(=O)N[C@@H](Cc1c[nH]c2ccccc12)C(=O)N(C)CC(=O)Nc1cccc(F)c1. The van der Waals surface area contributed by atoms with Gasteiger partial charge in [0, 0.05) is 43.2 Å². The summed E-state index contributed by atoms with van der Waals surface area (Å²) >= 11 is 0. The number of benzene rings is 2. The van der Waals surface area contributed by atoms with Crippen LogP contribution in [0.3, 0.4) is 0 Å². The number of nitrogens with one attached hydrogen (secondary N) is 3. The molecule has 3 N–H and O–H groups in total. The molecule has 30 heavy (non-hydrogen) atoms. The number of anilines is 1. The molecule has 1 heterocycles. The molecule has 3 amide bonds. The van der Waals surface area contributed by atoms with Gasteiger partial charge in [0.15, 0.2) is 0 Å². The van der Waals surface area contributed by atoms with Crippen molar-refractivity contribution in [1.29, 1.82) is 0 Å². The number of halogens is 1. The maximum absolute atomic E-state index is 13.3. The Bertz CT molecular complexity index is 1080. The fourth-order valence-electron chi connectivity index (χ4n) is 3.29. The normalized spacial score (nSPS) is 11.7. The van der Waals surface area contributed by atoms with Crippen LogP contribution in [0, 0.1) is 5.82 Å². The van der Waals surface area contributed by atoms with Crippen molar-refractivity contribution in [2.75, 3.05) is 18.9 Å². The minimum Gasteiger partial charge on any atom is -0.361 e. The number of hydrogen-bond acceptors (Lipinski definition) is 3. The van der Waals surface area contributed by atoms with Crippen molar-refractivity contribution in [2.45, 2.75) is 19.4 Å². The van der Waals surface area contributed by atoms with Gasteiger partial charge in [-0.25, -0.2) is 4.39 Å². The summed E-state index contributed by atoms with van der Waals surface area (Å²) in [7, 11) is 1.48. The van der Waals surface area contributed by atoms with Crippen molar-refractivity contribution in [2.24, 2.45) is 0 Å². The van der Waals surface area contributed by atoms with Crippen LogP contribution in [-0.4, -0.2) is 47.2 Å². The van der Waals surface area contributed by atoms with Gasteiger partial charge >= 0.3 is 0 Å². The van der Waals surface area contributed by atoms with Crippen LogP contribution in [0.5, 0.6) is 0 Å². The molecule has 8 heteroatoms. The summed E-state index contributed by atoms with van der Waals surface area (Å²) in [4.78, 5) is 41.3. The van der Waals surface area contributed by atoms with E-state index >= 15 is 0 Å². The Hall–Kier alpha value is -3.68. The summed E-state index contributed by atoms with van der Waals surface area (Å²) in [5, 5.41) is 6.19. The average molecular weight is 410 g/mol. The maximum atomic E-state index is 13.3. The zero-order chi connectivity index (χ0) is 21.7. The molecule has 1 atom stereocenters. The van der Waals surface area contributed by atoms with E-state index in [4.69, 9.17) is 0 Å². The van der Waals surface area contributed by atoms with Crippen LogP contribution >= 0.6 is 0 Å². The van der Waals surface area contributed by atoms with Gasteiger partial charge in [-0.1, -0.05) is 24.3 Å². The molecule has 0 aliphatic carbocycles. The van der Waals surface area contributed by atoms with E-state index in [9.17, 15) is 18.8 Å². The largest absolute Gasteiger partial charge is 0.361 e. The van der Waals surface area contributed by atoms with E-state index < -0.39 is 23.7 Å². The van der Waals surface area contributed by atoms with Crippen LogP contribution in [0.25, 0.3) is 10.9 Å². The first-order valence-corrected chi connectivity index (χ1v) is 9.46. The van der Waals surface area contributed by atoms with Gasteiger partial charge in [0.1, 0.15) is 11.9 Å². The monoisotopic (exact) mass is 410 g/mol. The topological polar surface area (TPSA) is 94.3 Å². The second kappa shape index (κ2) is 9.21. The number of carbonyl (C=O) groups is 3. The molecule has 7 nitrogen and oxygen atoms in total. The number of rotatable bonds is 7. The second-order valence-corrected chi connectivity index (χ2v) is 7.07. The molecule has 0 saturated carbocycles. The first-order valence-electron chi connectivity index (χ1n) is 9.46. The van der Waals surface area contributed by atoms with Gasteiger partial charge in [0.2, 0.25) is 17.7 Å². The summed E-state index contributed by atoms with van der Waals surface area (Å²) < 4.78 is 13.3. The van der Waals surface area contributed by atoms with Crippen molar-refractivity contribution in [1.82, 2.24) is 15.2 Å². The zero-order valence-corrected chi connectivity index (χ0v) is 16.7. The summed E-state index contributed by atoms with van der Waals surface area (Å²) in [6, 6.07) is 12.3. The molecule has 1 aromatic heterocycles. The van der Waals surface area contributed by atoms with Crippen molar-refractivity contribution in [3.63, 3.8) is 0 Å². The number of fused-ring (bicyclic) bond motifs is 1. The highest BCUT2D eigenvalue weighted by Gasteiger charge is 2.25. The lowest BCUT2D eigenvalue weighted by Crippen LogP contribution is -2.49. The zero-order valence-electron chi connectivity index (χ0n) is 16.7. The van der Waals surface area contributed by atoms with Crippen LogP contribution in [0.2, 0.25) is 0 Å². The molecule has 3 aromatic rings. The molecular formula is C22H23FN4O3. The van der Waals surface area contributed by atoms with Gasteiger partial charge in [0.25, 0.3) is 0 Å². The molecule has 0 spiro atoms. The number of carbonyl (C=O) groups excluding carboxylic acids is 3. The standard InChI is InChI=1S/C22H23FN4O3/c1-14(28)25-20(10-15-12-24-19-9-4-3-8-18(15)19)22(30)27(2)13-21(29)26-17-7-5-6-16(23)11-17/h3-9,11-12,20,24H,10,13H2,1-2H3,(H,25,28)(H,26,29)/t20-/m0/s1. The molecule has 0 aliphatic heterocycles. The summed E-state index contributed by atoms with van der Waals surface area (Å²) in [6.07, 6.45) is 2.09. The quantitative estimate of drug-likeness (QED) is 0.558. The lowest BCUT2D eigenvalue weighted by Gasteiger charge is -2.24. The molecule has 0 fully saturated rings. The number of hydrogen-bond donors (Lipinski definition) is 3. The number of amides is 3. The van der Waals surface area contributed by atoms with E-state index in [0.29, 0.717) is 5.69 Å². The predicted octanol–water partition coefficient (Wildman–Crippen LogP) is 2.45. The molecular weight excluding hydrogens is 387 g/mol. The van der Waals surface area contributed by atoms with Crippen molar-refractivity contribution in [3.8, 4) is 0 Å². The van der Waals surface area contributed by atoms with E-state index in [1.165, 1.54) is 37.1 Å². The lowest BCUT2D eigenvalue weighted by molar-refractivity contribution is -0.137. The third kappa shape index (κ3) is 5.22. The third-order valence-corrected chi connectivity index (χ3v) is 4.64. The Morgan fingerprint density at radius 3 is 2.63 bits per heavy atom. The van der Waals surface area contributed by atoms with Gasteiger partial charge in [-0.2, -0.15) is 0 Å². The van der Waals surface area contributed by atoms with Gasteiger partial charge < -0.3 is 20.5 Å². The summed E-state index contributed by atoms with van der Waals surface area (Å²) in [5.74, 6) is -1.68. The molecule has 0 aliphatic rings. The molecule has 2 aromatic carbocycles. The highest BCUT2D eigenvalue weighted by molar-refractivity contribution is 5.96. The fourth-order valence-corrected chi connectivity index (χ4v) is 3.29. The number of para-hydroxylation sites is 1. The highest BCUT2D eigenvalue weighted by Crippen LogP contribution is 2.19. The smallest absolute Gasteiger partial charge is 0.245 e. The van der Waals surface area contributed by atoms with Crippen LogP contribution in [0.1, 0.15) is 12.5 Å². The minimum absolute atomic E-state index is 0.237. The van der Waals surface area contributed by atoms with E-state index in [1.807, 2.05) is 30.5 Å². The molecule has 0 radical (unpaired) electrons. The Labute approximate surface area is 173 Å². The van der Waals surface area contributed by atoms with Crippen LogP contribution in [0.4, 0.5) is 10.1 Å². The Balaban J connectivity index is 1.69. The van der Waals surface area contributed by atoms with Gasteiger partial charge in [-0.05, 0) is 29.8 Å². The Kier molecular flexibility index (Phi) is 6.46. The van der Waals surface area contributed by atoms with Crippen LogP contribution in [-0.2, 0) is 20.8 Å². The third-order valence-electron chi connectivity index (χ3n) is 4.64. The van der Waals surface area contributed by atoms with E-state index in [-0.39, 0.29) is 18.9 Å². The van der Waals surface area contributed by atoms with Gasteiger partial charge in [-0.3, -0.25) is 14.4 Å². The molecule has 3 rings (SSSR count). The number of aromatic nitrogens is 1. The minimum atomic E-state index is -0.825. The fraction of sp³-hybridized carbons (Fsp3) is 0.227. The number of H-pyrrole nitrogens is 1. The molecule has 0 unspecified atom stereocenters. The van der Waals surface area contributed by atoms with Gasteiger partial charge in [0.05, 0.1) is 6.54 Å². The van der Waals surface area contributed by atoms with Crippen molar-refractivity contribution >= 4 is 34.3 Å². The number of likely N-dealkylation sites (N-methyl/N-ethyl adjacent to an activating group) is 1. The van der Waals surface area contributed by atoms with Crippen molar-refractivity contribution < 1.29 is 18.8 Å². The highest BCUT2D eigenvalue weighted by atomic mass is 19.1. The van der Waals surface area contributed by atoms with Crippen LogP contribution < -0.4 is 10.6 Å². The lowest BCUT2D eigenvalue weighted by atomic mass is 10.0. The van der Waals surface area contributed by atoms with E-state index in [1.54, 1.807) is 6.07 Å². The molecule has 156 valence electrons. The summed E-state index contributed by atoms with van der Waals surface area (Å²) in [5.41, 5.74) is 2.12. The second-order valence-electron chi connectivity index (χ2n) is 7.07. The Morgan fingerprint density at radius 2 is 1.90 bits per heavy atom. The van der Waals surface area contributed by atoms with E-state index in [2.05, 4.69) is 15.6 Å². The average Bonchev–Trinajstić information content (AvgIpc) is 3.09. The first kappa shape index (κ1) is 21.0.